The third-order valence-corrected chi connectivity index (χ3v) is 5.18. The number of rotatable bonds is 6. The average molecular weight is 280 g/mol. The van der Waals surface area contributed by atoms with Crippen molar-refractivity contribution < 1.29 is 0 Å². The number of hydrogen-bond acceptors (Lipinski definition) is 3. The highest BCUT2D eigenvalue weighted by Gasteiger charge is 2.23. The van der Waals surface area contributed by atoms with Crippen molar-refractivity contribution in [1.29, 1.82) is 0 Å². The fourth-order valence-corrected chi connectivity index (χ4v) is 3.96. The molecule has 108 valence electrons. The van der Waals surface area contributed by atoms with E-state index in [2.05, 4.69) is 29.5 Å². The van der Waals surface area contributed by atoms with E-state index in [9.17, 15) is 0 Å². The first kappa shape index (κ1) is 15.0. The van der Waals surface area contributed by atoms with Crippen molar-refractivity contribution in [2.75, 3.05) is 6.54 Å². The van der Waals surface area contributed by atoms with Crippen LogP contribution in [0.4, 0.5) is 0 Å². The summed E-state index contributed by atoms with van der Waals surface area (Å²) in [5, 5.41) is 7.29. The van der Waals surface area contributed by atoms with Crippen molar-refractivity contribution in [2.24, 2.45) is 5.92 Å². The summed E-state index contributed by atoms with van der Waals surface area (Å²) in [6.45, 7) is 5.50. The molecule has 1 N–H and O–H groups in total. The number of nitrogens with zero attached hydrogens (tertiary/aromatic N) is 1. The van der Waals surface area contributed by atoms with Crippen LogP contribution in [0.5, 0.6) is 0 Å². The van der Waals surface area contributed by atoms with Gasteiger partial charge in [0, 0.05) is 23.5 Å². The zero-order valence-electron chi connectivity index (χ0n) is 12.5. The van der Waals surface area contributed by atoms with E-state index in [1.807, 2.05) is 11.3 Å². The number of hydrogen-bond donors (Lipinski definition) is 1. The summed E-state index contributed by atoms with van der Waals surface area (Å²) in [4.78, 5) is 4.66. The van der Waals surface area contributed by atoms with Gasteiger partial charge in [-0.05, 0) is 38.6 Å². The Morgan fingerprint density at radius 3 is 2.63 bits per heavy atom. The lowest BCUT2D eigenvalue weighted by atomic mass is 9.90. The Labute approximate surface area is 122 Å². The van der Waals surface area contributed by atoms with Gasteiger partial charge in [-0.2, -0.15) is 0 Å². The Morgan fingerprint density at radius 2 is 2.05 bits per heavy atom. The second-order valence-electron chi connectivity index (χ2n) is 5.90. The molecule has 1 aliphatic rings. The van der Waals surface area contributed by atoms with Crippen molar-refractivity contribution in [3.8, 4) is 0 Å². The molecule has 3 heteroatoms. The van der Waals surface area contributed by atoms with E-state index >= 15 is 0 Å². The Morgan fingerprint density at radius 1 is 1.32 bits per heavy atom. The van der Waals surface area contributed by atoms with E-state index in [0.29, 0.717) is 6.04 Å². The molecule has 1 atom stereocenters. The smallest absolute Gasteiger partial charge is 0.0943 e. The zero-order valence-corrected chi connectivity index (χ0v) is 13.3. The molecule has 1 aliphatic carbocycles. The summed E-state index contributed by atoms with van der Waals surface area (Å²) < 4.78 is 0. The quantitative estimate of drug-likeness (QED) is 0.784. The summed E-state index contributed by atoms with van der Waals surface area (Å²) in [5.41, 5.74) is 1.18. The van der Waals surface area contributed by atoms with Crippen LogP contribution in [-0.4, -0.2) is 17.6 Å². The van der Waals surface area contributed by atoms with Gasteiger partial charge in [0.25, 0.3) is 0 Å². The average Bonchev–Trinajstić information content (AvgIpc) is 2.67. The molecule has 1 unspecified atom stereocenters. The minimum absolute atomic E-state index is 0.642. The summed E-state index contributed by atoms with van der Waals surface area (Å²) in [5.74, 6) is 0.859. The molecule has 0 bridgehead atoms. The SMILES string of the molecule is CCCNC(Cc1nc(C)cs1)C1CCCCCC1. The van der Waals surface area contributed by atoms with Crippen molar-refractivity contribution in [3.05, 3.63) is 16.1 Å². The number of nitrogens with one attached hydrogen (secondary N) is 1. The molecule has 1 saturated carbocycles. The van der Waals surface area contributed by atoms with Gasteiger partial charge < -0.3 is 5.32 Å². The highest BCUT2D eigenvalue weighted by atomic mass is 32.1. The van der Waals surface area contributed by atoms with Crippen LogP contribution in [-0.2, 0) is 6.42 Å². The van der Waals surface area contributed by atoms with Gasteiger partial charge in [0.15, 0.2) is 0 Å². The normalized spacial score (nSPS) is 19.3. The van der Waals surface area contributed by atoms with E-state index in [-0.39, 0.29) is 0 Å². The molecule has 1 aromatic rings. The summed E-state index contributed by atoms with van der Waals surface area (Å²) in [6.07, 6.45) is 10.9. The maximum atomic E-state index is 4.66. The maximum Gasteiger partial charge on any atom is 0.0943 e. The van der Waals surface area contributed by atoms with Gasteiger partial charge in [0.05, 0.1) is 5.01 Å². The highest BCUT2D eigenvalue weighted by Crippen LogP contribution is 2.27. The molecule has 1 heterocycles. The topological polar surface area (TPSA) is 24.9 Å². The lowest BCUT2D eigenvalue weighted by Gasteiger charge is -2.26. The Bertz CT molecular complexity index is 353. The van der Waals surface area contributed by atoms with Gasteiger partial charge in [-0.25, -0.2) is 4.98 Å². The molecule has 0 saturated heterocycles. The monoisotopic (exact) mass is 280 g/mol. The van der Waals surface area contributed by atoms with Gasteiger partial charge >= 0.3 is 0 Å². The predicted molar refractivity (Wildman–Crippen MR) is 83.8 cm³/mol. The maximum absolute atomic E-state index is 4.66. The minimum Gasteiger partial charge on any atom is -0.313 e. The van der Waals surface area contributed by atoms with E-state index in [4.69, 9.17) is 0 Å². The molecule has 2 rings (SSSR count). The van der Waals surface area contributed by atoms with Gasteiger partial charge in [0.2, 0.25) is 0 Å². The van der Waals surface area contributed by atoms with Crippen molar-refractivity contribution >= 4 is 11.3 Å². The number of aromatic nitrogens is 1. The van der Waals surface area contributed by atoms with Crippen LogP contribution in [0.15, 0.2) is 5.38 Å². The van der Waals surface area contributed by atoms with E-state index in [0.717, 1.165) is 18.9 Å². The third kappa shape index (κ3) is 4.88. The van der Waals surface area contributed by atoms with E-state index in [1.54, 1.807) is 0 Å². The van der Waals surface area contributed by atoms with Crippen molar-refractivity contribution in [1.82, 2.24) is 10.3 Å². The predicted octanol–water partition coefficient (Wildman–Crippen LogP) is 4.33. The van der Waals surface area contributed by atoms with Gasteiger partial charge in [-0.1, -0.05) is 32.6 Å². The molecule has 19 heavy (non-hydrogen) atoms. The molecule has 0 spiro atoms. The molecular weight excluding hydrogens is 252 g/mol. The second-order valence-corrected chi connectivity index (χ2v) is 6.84. The summed E-state index contributed by atoms with van der Waals surface area (Å²) >= 11 is 1.83. The standard InChI is InChI=1S/C16H28N2S/c1-3-10-17-15(11-16-18-13(2)12-19-16)14-8-6-4-5-7-9-14/h12,14-15,17H,3-11H2,1-2H3. The van der Waals surface area contributed by atoms with Crippen LogP contribution in [0, 0.1) is 12.8 Å². The van der Waals surface area contributed by atoms with Crippen molar-refractivity contribution in [2.45, 2.75) is 71.3 Å². The molecule has 2 nitrogen and oxygen atoms in total. The van der Waals surface area contributed by atoms with E-state index in [1.165, 1.54) is 55.6 Å². The number of aryl methyl sites for hydroxylation is 1. The van der Waals surface area contributed by atoms with Crippen LogP contribution >= 0.6 is 11.3 Å². The summed E-state index contributed by atoms with van der Waals surface area (Å²) in [6, 6.07) is 0.642. The lowest BCUT2D eigenvalue weighted by Crippen LogP contribution is -2.38. The highest BCUT2D eigenvalue weighted by molar-refractivity contribution is 7.09. The zero-order chi connectivity index (χ0) is 13.5. The second kappa shape index (κ2) is 8.01. The van der Waals surface area contributed by atoms with Gasteiger partial charge in [-0.15, -0.1) is 11.3 Å². The van der Waals surface area contributed by atoms with E-state index < -0.39 is 0 Å². The van der Waals surface area contributed by atoms with Crippen molar-refractivity contribution in [3.63, 3.8) is 0 Å². The largest absolute Gasteiger partial charge is 0.313 e. The first-order valence-corrected chi connectivity index (χ1v) is 8.82. The molecule has 0 radical (unpaired) electrons. The minimum atomic E-state index is 0.642. The fraction of sp³-hybridized carbons (Fsp3) is 0.812. The van der Waals surface area contributed by atoms with Crippen LogP contribution in [0.2, 0.25) is 0 Å². The van der Waals surface area contributed by atoms with Crippen LogP contribution in [0.1, 0.15) is 62.6 Å². The molecular formula is C16H28N2S. The molecule has 0 amide bonds. The Hall–Kier alpha value is -0.410. The van der Waals surface area contributed by atoms with Gasteiger partial charge in [0.1, 0.15) is 0 Å². The first-order chi connectivity index (χ1) is 9.29. The van der Waals surface area contributed by atoms with Crippen LogP contribution in [0.3, 0.4) is 0 Å². The Kier molecular flexibility index (Phi) is 6.32. The van der Waals surface area contributed by atoms with Crippen LogP contribution in [0.25, 0.3) is 0 Å². The fourth-order valence-electron chi connectivity index (χ4n) is 3.13. The molecule has 1 aromatic heterocycles. The Balaban J connectivity index is 1.97. The molecule has 1 fully saturated rings. The summed E-state index contributed by atoms with van der Waals surface area (Å²) in [7, 11) is 0. The van der Waals surface area contributed by atoms with Crippen LogP contribution < -0.4 is 5.32 Å². The molecule has 0 aliphatic heterocycles. The number of thiazole rings is 1. The third-order valence-electron chi connectivity index (χ3n) is 4.19. The first-order valence-electron chi connectivity index (χ1n) is 7.94. The van der Waals surface area contributed by atoms with Gasteiger partial charge in [-0.3, -0.25) is 0 Å². The lowest BCUT2D eigenvalue weighted by molar-refractivity contribution is 0.317. The molecule has 0 aromatic carbocycles.